The van der Waals surface area contributed by atoms with E-state index in [0.29, 0.717) is 11.4 Å². The number of nitrogens with one attached hydrogen (secondary N) is 1. The monoisotopic (exact) mass is 361 g/mol. The second-order valence-corrected chi connectivity index (χ2v) is 6.29. The molecule has 2 aromatic rings. The van der Waals surface area contributed by atoms with Crippen LogP contribution in [0.4, 0.5) is 4.39 Å². The first-order valence-electron chi connectivity index (χ1n) is 6.65. The maximum absolute atomic E-state index is 14.1. The minimum Gasteiger partial charge on any atom is -0.325 e. The van der Waals surface area contributed by atoms with Gasteiger partial charge in [-0.25, -0.2) is 9.37 Å². The highest BCUT2D eigenvalue weighted by Gasteiger charge is 2.25. The molecule has 110 valence electrons. The van der Waals surface area contributed by atoms with Gasteiger partial charge in [0, 0.05) is 23.0 Å². The van der Waals surface area contributed by atoms with Gasteiger partial charge in [-0.05, 0) is 38.9 Å². The van der Waals surface area contributed by atoms with Gasteiger partial charge in [-0.2, -0.15) is 0 Å². The summed E-state index contributed by atoms with van der Waals surface area (Å²) in [5.74, 6) is 1.14. The summed E-state index contributed by atoms with van der Waals surface area (Å²) in [6.07, 6.45) is 1.07. The molecule has 1 N–H and O–H groups in total. The van der Waals surface area contributed by atoms with Gasteiger partial charge in [-0.15, -0.1) is 12.4 Å². The van der Waals surface area contributed by atoms with Gasteiger partial charge in [0.15, 0.2) is 5.82 Å². The fourth-order valence-corrected chi connectivity index (χ4v) is 3.26. The zero-order chi connectivity index (χ0) is 13.6. The summed E-state index contributed by atoms with van der Waals surface area (Å²) in [6.45, 7) is 6.18. The van der Waals surface area contributed by atoms with Gasteiger partial charge in [-0.1, -0.05) is 15.9 Å². The van der Waals surface area contributed by atoms with E-state index in [4.69, 9.17) is 0 Å². The van der Waals surface area contributed by atoms with Crippen LogP contribution in [0.2, 0.25) is 0 Å². The van der Waals surface area contributed by atoms with Crippen molar-refractivity contribution in [2.24, 2.45) is 0 Å². The van der Waals surface area contributed by atoms with Crippen molar-refractivity contribution < 1.29 is 4.39 Å². The van der Waals surface area contributed by atoms with Crippen LogP contribution in [0.1, 0.15) is 38.1 Å². The van der Waals surface area contributed by atoms with Crippen LogP contribution in [-0.2, 0) is 0 Å². The highest BCUT2D eigenvalue weighted by Crippen LogP contribution is 2.31. The van der Waals surface area contributed by atoms with Gasteiger partial charge in [0.1, 0.15) is 11.3 Å². The summed E-state index contributed by atoms with van der Waals surface area (Å²) >= 11 is 3.37. The van der Waals surface area contributed by atoms with Crippen LogP contribution in [0.25, 0.3) is 11.0 Å². The molecule has 1 aromatic heterocycles. The third-order valence-electron chi connectivity index (χ3n) is 3.68. The molecule has 3 rings (SSSR count). The molecular weight excluding hydrogens is 345 g/mol. The first-order chi connectivity index (χ1) is 9.08. The molecule has 1 saturated heterocycles. The van der Waals surface area contributed by atoms with Gasteiger partial charge in [-0.3, -0.25) is 0 Å². The number of benzene rings is 1. The Labute approximate surface area is 132 Å². The Hall–Kier alpha value is -0.650. The van der Waals surface area contributed by atoms with E-state index < -0.39 is 0 Å². The topological polar surface area (TPSA) is 29.9 Å². The van der Waals surface area contributed by atoms with E-state index in [1.165, 1.54) is 6.07 Å². The van der Waals surface area contributed by atoms with E-state index in [2.05, 4.69) is 44.6 Å². The second-order valence-electron chi connectivity index (χ2n) is 5.38. The fourth-order valence-electron chi connectivity index (χ4n) is 2.84. The van der Waals surface area contributed by atoms with Crippen molar-refractivity contribution in [2.45, 2.75) is 32.2 Å². The molecule has 0 bridgehead atoms. The Balaban J connectivity index is 0.00000147. The zero-order valence-electron chi connectivity index (χ0n) is 11.5. The Morgan fingerprint density at radius 2 is 2.20 bits per heavy atom. The summed E-state index contributed by atoms with van der Waals surface area (Å²) < 4.78 is 17.0. The predicted octanol–water partition coefficient (Wildman–Crippen LogP) is 4.02. The second kappa shape index (κ2) is 6.00. The molecule has 1 aromatic carbocycles. The van der Waals surface area contributed by atoms with Crippen molar-refractivity contribution in [2.75, 3.05) is 13.1 Å². The zero-order valence-corrected chi connectivity index (χ0v) is 13.9. The Kier molecular flexibility index (Phi) is 4.72. The van der Waals surface area contributed by atoms with Crippen LogP contribution in [0.3, 0.4) is 0 Å². The van der Waals surface area contributed by atoms with Crippen LogP contribution in [0, 0.1) is 5.82 Å². The number of aromatic nitrogens is 2. The van der Waals surface area contributed by atoms with Crippen LogP contribution >= 0.6 is 28.3 Å². The number of hydrogen-bond donors (Lipinski definition) is 1. The quantitative estimate of drug-likeness (QED) is 0.874. The Morgan fingerprint density at radius 3 is 2.80 bits per heavy atom. The molecule has 20 heavy (non-hydrogen) atoms. The summed E-state index contributed by atoms with van der Waals surface area (Å²) in [4.78, 5) is 4.58. The van der Waals surface area contributed by atoms with Gasteiger partial charge in [0.2, 0.25) is 0 Å². The third kappa shape index (κ3) is 2.59. The smallest absolute Gasteiger partial charge is 0.152 e. The summed E-state index contributed by atoms with van der Waals surface area (Å²) in [6, 6.07) is 3.71. The highest BCUT2D eigenvalue weighted by atomic mass is 79.9. The van der Waals surface area contributed by atoms with Crippen LogP contribution in [0.5, 0.6) is 0 Å². The summed E-state index contributed by atoms with van der Waals surface area (Å²) in [5, 5.41) is 3.35. The van der Waals surface area contributed by atoms with Gasteiger partial charge in [0.25, 0.3) is 0 Å². The van der Waals surface area contributed by atoms with E-state index in [0.717, 1.165) is 35.3 Å². The lowest BCUT2D eigenvalue weighted by Gasteiger charge is -2.16. The molecule has 1 aliphatic rings. The first-order valence-corrected chi connectivity index (χ1v) is 7.45. The lowest BCUT2D eigenvalue weighted by atomic mass is 10.1. The minimum absolute atomic E-state index is 0. The molecule has 0 unspecified atom stereocenters. The number of halogens is 3. The molecule has 3 nitrogen and oxygen atoms in total. The number of fused-ring (bicyclic) bond motifs is 1. The molecular formula is C14H18BrClFN3. The van der Waals surface area contributed by atoms with Crippen molar-refractivity contribution in [3.63, 3.8) is 0 Å². The largest absolute Gasteiger partial charge is 0.325 e. The van der Waals surface area contributed by atoms with Gasteiger partial charge in [0.05, 0.1) is 5.52 Å². The molecule has 1 fully saturated rings. The number of rotatable bonds is 2. The molecule has 0 aliphatic carbocycles. The molecule has 1 aliphatic heterocycles. The molecule has 0 saturated carbocycles. The van der Waals surface area contributed by atoms with Crippen molar-refractivity contribution in [3.8, 4) is 0 Å². The van der Waals surface area contributed by atoms with Crippen molar-refractivity contribution >= 4 is 39.4 Å². The minimum atomic E-state index is -0.254. The van der Waals surface area contributed by atoms with E-state index in [9.17, 15) is 4.39 Å². The van der Waals surface area contributed by atoms with E-state index in [-0.39, 0.29) is 24.3 Å². The number of nitrogens with zero attached hydrogens (tertiary/aromatic N) is 2. The van der Waals surface area contributed by atoms with E-state index in [1.807, 2.05) is 6.07 Å². The average Bonchev–Trinajstić information content (AvgIpc) is 2.92. The Bertz CT molecular complexity index is 620. The first kappa shape index (κ1) is 15.7. The van der Waals surface area contributed by atoms with Gasteiger partial charge < -0.3 is 9.88 Å². The maximum Gasteiger partial charge on any atom is 0.152 e. The van der Waals surface area contributed by atoms with Crippen LogP contribution in [0.15, 0.2) is 16.6 Å². The average molecular weight is 363 g/mol. The summed E-state index contributed by atoms with van der Waals surface area (Å²) in [5.41, 5.74) is 1.36. The highest BCUT2D eigenvalue weighted by molar-refractivity contribution is 9.10. The lowest BCUT2D eigenvalue weighted by molar-refractivity contribution is 0.550. The summed E-state index contributed by atoms with van der Waals surface area (Å²) in [7, 11) is 0. The number of hydrogen-bond acceptors (Lipinski definition) is 2. The van der Waals surface area contributed by atoms with E-state index in [1.54, 1.807) is 0 Å². The third-order valence-corrected chi connectivity index (χ3v) is 4.14. The maximum atomic E-state index is 14.1. The van der Waals surface area contributed by atoms with Gasteiger partial charge >= 0.3 is 0 Å². The molecule has 6 heteroatoms. The van der Waals surface area contributed by atoms with Crippen molar-refractivity contribution in [1.82, 2.24) is 14.9 Å². The van der Waals surface area contributed by atoms with E-state index >= 15 is 0 Å². The predicted molar refractivity (Wildman–Crippen MR) is 85.3 cm³/mol. The molecule has 0 spiro atoms. The normalized spacial score (nSPS) is 18.8. The molecule has 1 atom stereocenters. The van der Waals surface area contributed by atoms with Crippen molar-refractivity contribution in [3.05, 3.63) is 28.2 Å². The SMILES string of the molecule is CC(C)n1c([C@@H]2CCNC2)nc2c(F)cc(Br)cc21.Cl. The lowest BCUT2D eigenvalue weighted by Crippen LogP contribution is -2.14. The van der Waals surface area contributed by atoms with Crippen molar-refractivity contribution in [1.29, 1.82) is 0 Å². The fraction of sp³-hybridized carbons (Fsp3) is 0.500. The molecule has 2 heterocycles. The molecule has 0 amide bonds. The Morgan fingerprint density at radius 1 is 1.45 bits per heavy atom. The van der Waals surface area contributed by atoms with Crippen LogP contribution in [-0.4, -0.2) is 22.6 Å². The van der Waals surface area contributed by atoms with Crippen LogP contribution < -0.4 is 5.32 Å². The molecule has 0 radical (unpaired) electrons. The standard InChI is InChI=1S/C14H17BrFN3.ClH/c1-8(2)19-12-6-10(15)5-11(16)13(12)18-14(19)9-3-4-17-7-9;/h5-6,8-9,17H,3-4,7H2,1-2H3;1H/t9-;/m1./s1. The number of imidazole rings is 1.